The number of hydrogen-bond donors (Lipinski definition) is 0. The Bertz CT molecular complexity index is 3890. The zero-order valence-electron chi connectivity index (χ0n) is 33.6. The second kappa shape index (κ2) is 13.6. The Labute approximate surface area is 357 Å². The SMILES string of the molecule is c1ccc(-n2c3ccccc3c3cc(-c4ccc5c(c4)c4ccccc4n5-c4cccc(-c5cccc(-c6ccc7c8ccccc8c8cncnc8c7c6)c5)c4)ccc32)cc1. The first-order valence-electron chi connectivity index (χ1n) is 21.1. The third kappa shape index (κ3) is 5.27. The molecule has 0 fully saturated rings. The Morgan fingerprint density at radius 1 is 0.274 bits per heavy atom. The van der Waals surface area contributed by atoms with Gasteiger partial charge in [0.2, 0.25) is 0 Å². The molecule has 13 aromatic rings. The van der Waals surface area contributed by atoms with Crippen LogP contribution in [0.2, 0.25) is 0 Å². The van der Waals surface area contributed by atoms with Crippen molar-refractivity contribution >= 4 is 76.1 Å². The van der Waals surface area contributed by atoms with Crippen LogP contribution in [0.15, 0.2) is 219 Å². The third-order valence-corrected chi connectivity index (χ3v) is 12.8. The van der Waals surface area contributed by atoms with Gasteiger partial charge in [-0.25, -0.2) is 9.97 Å². The molecule has 4 nitrogen and oxygen atoms in total. The smallest absolute Gasteiger partial charge is 0.116 e. The molecule has 0 aliphatic heterocycles. The van der Waals surface area contributed by atoms with Crippen molar-refractivity contribution in [1.82, 2.24) is 19.1 Å². The predicted molar refractivity (Wildman–Crippen MR) is 260 cm³/mol. The Hall–Kier alpha value is -8.34. The number of fused-ring (bicyclic) bond motifs is 12. The molecule has 0 atom stereocenters. The minimum atomic E-state index is 0.978. The van der Waals surface area contributed by atoms with Crippen LogP contribution in [0.5, 0.6) is 0 Å². The van der Waals surface area contributed by atoms with Crippen LogP contribution >= 0.6 is 0 Å². The summed E-state index contributed by atoms with van der Waals surface area (Å²) in [7, 11) is 0. The number of nitrogens with zero attached hydrogens (tertiary/aromatic N) is 4. The zero-order chi connectivity index (χ0) is 40.7. The van der Waals surface area contributed by atoms with Crippen LogP contribution in [0.25, 0.3) is 121 Å². The van der Waals surface area contributed by atoms with Gasteiger partial charge in [0.25, 0.3) is 0 Å². The van der Waals surface area contributed by atoms with E-state index in [1.165, 1.54) is 87.7 Å². The van der Waals surface area contributed by atoms with Crippen molar-refractivity contribution in [2.24, 2.45) is 0 Å². The molecule has 0 N–H and O–H groups in total. The summed E-state index contributed by atoms with van der Waals surface area (Å²) in [4.78, 5) is 9.16. The number of benzene rings is 10. The van der Waals surface area contributed by atoms with Gasteiger partial charge in [0.05, 0.1) is 27.6 Å². The molecule has 0 radical (unpaired) electrons. The Morgan fingerprint density at radius 2 is 0.726 bits per heavy atom. The Morgan fingerprint density at radius 3 is 1.39 bits per heavy atom. The number of aromatic nitrogens is 4. The fraction of sp³-hybridized carbons (Fsp3) is 0. The van der Waals surface area contributed by atoms with Gasteiger partial charge in [-0.1, -0.05) is 133 Å². The van der Waals surface area contributed by atoms with Crippen molar-refractivity contribution in [3.63, 3.8) is 0 Å². The van der Waals surface area contributed by atoms with Crippen molar-refractivity contribution in [3.05, 3.63) is 219 Å². The van der Waals surface area contributed by atoms with Crippen molar-refractivity contribution in [2.45, 2.75) is 0 Å². The van der Waals surface area contributed by atoms with Crippen LogP contribution in [0.4, 0.5) is 0 Å². The Balaban J connectivity index is 0.904. The maximum atomic E-state index is 4.77. The van der Waals surface area contributed by atoms with E-state index in [2.05, 4.69) is 220 Å². The molecular weight excluding hydrogens is 753 g/mol. The molecule has 3 heterocycles. The van der Waals surface area contributed by atoms with Gasteiger partial charge in [0.1, 0.15) is 6.33 Å². The summed E-state index contributed by atoms with van der Waals surface area (Å²) >= 11 is 0. The van der Waals surface area contributed by atoms with E-state index in [0.717, 1.165) is 33.1 Å². The third-order valence-electron chi connectivity index (χ3n) is 12.8. The van der Waals surface area contributed by atoms with Crippen LogP contribution < -0.4 is 0 Å². The maximum absolute atomic E-state index is 4.77. The van der Waals surface area contributed by atoms with Gasteiger partial charge in [-0.15, -0.1) is 0 Å². The molecule has 3 aromatic heterocycles. The molecule has 62 heavy (non-hydrogen) atoms. The topological polar surface area (TPSA) is 35.6 Å². The molecule has 13 rings (SSSR count). The largest absolute Gasteiger partial charge is 0.309 e. The molecule has 0 unspecified atom stereocenters. The first kappa shape index (κ1) is 34.5. The lowest BCUT2D eigenvalue weighted by Crippen LogP contribution is -1.94. The van der Waals surface area contributed by atoms with Crippen molar-refractivity contribution in [2.75, 3.05) is 0 Å². The van der Waals surface area contributed by atoms with Gasteiger partial charge >= 0.3 is 0 Å². The molecule has 10 aromatic carbocycles. The van der Waals surface area contributed by atoms with Crippen molar-refractivity contribution < 1.29 is 0 Å². The van der Waals surface area contributed by atoms with Crippen molar-refractivity contribution in [1.29, 1.82) is 0 Å². The number of para-hydroxylation sites is 3. The second-order valence-electron chi connectivity index (χ2n) is 16.2. The highest BCUT2D eigenvalue weighted by Crippen LogP contribution is 2.40. The van der Waals surface area contributed by atoms with Gasteiger partial charge in [-0.3, -0.25) is 0 Å². The van der Waals surface area contributed by atoms with Crippen molar-refractivity contribution in [3.8, 4) is 44.8 Å². The van der Waals surface area contributed by atoms with E-state index in [9.17, 15) is 0 Å². The zero-order valence-corrected chi connectivity index (χ0v) is 33.6. The van der Waals surface area contributed by atoms with Gasteiger partial charge in [0, 0.05) is 49.9 Å². The van der Waals surface area contributed by atoms with E-state index < -0.39 is 0 Å². The fourth-order valence-electron chi connectivity index (χ4n) is 9.99. The molecule has 0 saturated carbocycles. The highest BCUT2D eigenvalue weighted by molar-refractivity contribution is 6.24. The molecule has 288 valence electrons. The van der Waals surface area contributed by atoms with E-state index in [0.29, 0.717) is 0 Å². The molecule has 0 saturated heterocycles. The minimum Gasteiger partial charge on any atom is -0.309 e. The van der Waals surface area contributed by atoms with Gasteiger partial charge < -0.3 is 9.13 Å². The van der Waals surface area contributed by atoms with Gasteiger partial charge in [-0.2, -0.15) is 0 Å². The Kier molecular flexibility index (Phi) is 7.57. The minimum absolute atomic E-state index is 0.978. The molecule has 0 spiro atoms. The lowest BCUT2D eigenvalue weighted by molar-refractivity contribution is 1.18. The maximum Gasteiger partial charge on any atom is 0.116 e. The van der Waals surface area contributed by atoms with E-state index >= 15 is 0 Å². The summed E-state index contributed by atoms with van der Waals surface area (Å²) in [6.45, 7) is 0. The predicted octanol–water partition coefficient (Wildman–Crippen LogP) is 15.1. The lowest BCUT2D eigenvalue weighted by atomic mass is 9.93. The molecule has 0 amide bonds. The lowest BCUT2D eigenvalue weighted by Gasteiger charge is -2.13. The average molecular weight is 789 g/mol. The molecule has 0 aliphatic rings. The van der Waals surface area contributed by atoms with E-state index in [1.807, 2.05) is 6.20 Å². The summed E-state index contributed by atoms with van der Waals surface area (Å²) in [6, 6.07) is 75.2. The monoisotopic (exact) mass is 788 g/mol. The van der Waals surface area contributed by atoms with E-state index in [-0.39, 0.29) is 0 Å². The second-order valence-corrected chi connectivity index (χ2v) is 16.2. The van der Waals surface area contributed by atoms with E-state index in [1.54, 1.807) is 6.33 Å². The normalized spacial score (nSPS) is 11.9. The highest BCUT2D eigenvalue weighted by atomic mass is 15.0. The van der Waals surface area contributed by atoms with Gasteiger partial charge in [0.15, 0.2) is 0 Å². The molecule has 4 heteroatoms. The molecule has 0 bridgehead atoms. The summed E-state index contributed by atoms with van der Waals surface area (Å²) in [5, 5.41) is 10.8. The summed E-state index contributed by atoms with van der Waals surface area (Å²) < 4.78 is 4.79. The number of hydrogen-bond acceptors (Lipinski definition) is 2. The number of rotatable bonds is 5. The average Bonchev–Trinajstić information content (AvgIpc) is 3.86. The first-order valence-corrected chi connectivity index (χ1v) is 21.1. The van der Waals surface area contributed by atoms with Crippen LogP contribution in [0, 0.1) is 0 Å². The van der Waals surface area contributed by atoms with Gasteiger partial charge in [-0.05, 0) is 122 Å². The summed E-state index contributed by atoms with van der Waals surface area (Å²) in [5.41, 5.74) is 15.1. The van der Waals surface area contributed by atoms with Crippen LogP contribution in [-0.2, 0) is 0 Å². The van der Waals surface area contributed by atoms with Crippen LogP contribution in [-0.4, -0.2) is 19.1 Å². The first-order chi connectivity index (χ1) is 30.7. The summed E-state index contributed by atoms with van der Waals surface area (Å²) in [5.74, 6) is 0. The molecular formula is C58H36N4. The standard InChI is InChI=1S/C58H36N4/c1-2-15-43(16-3-1)61-54-22-8-6-20-48(54)50-32-41(25-28-56(50)61)42-26-29-57-51(33-42)49-21-7-9-23-55(49)62(57)44-17-11-14-39(31-44)37-12-10-13-38(30-37)40-24-27-47-45-18-4-5-19-46(45)53-35-59-36-60-58(53)52(47)34-40/h1-36H. The molecule has 0 aliphatic carbocycles. The summed E-state index contributed by atoms with van der Waals surface area (Å²) in [6.07, 6.45) is 3.59. The van der Waals surface area contributed by atoms with E-state index in [4.69, 9.17) is 4.98 Å². The van der Waals surface area contributed by atoms with Crippen LogP contribution in [0.1, 0.15) is 0 Å². The quantitative estimate of drug-likeness (QED) is 0.163. The fourth-order valence-corrected chi connectivity index (χ4v) is 9.99. The highest BCUT2D eigenvalue weighted by Gasteiger charge is 2.17. The van der Waals surface area contributed by atoms with Crippen LogP contribution in [0.3, 0.4) is 0 Å².